The van der Waals surface area contributed by atoms with Gasteiger partial charge in [-0.3, -0.25) is 4.79 Å². The van der Waals surface area contributed by atoms with Crippen molar-refractivity contribution in [2.75, 3.05) is 26.2 Å². The van der Waals surface area contributed by atoms with Crippen molar-refractivity contribution < 1.29 is 19.4 Å². The SMILES string of the molecule is O=C(O)CC1CN(C(=O)NCCc2cnc[nH]2)CCO1. The quantitative estimate of drug-likeness (QED) is 0.695. The Labute approximate surface area is 116 Å². The number of aliphatic carboxylic acids is 1. The number of morpholine rings is 1. The maximum absolute atomic E-state index is 11.9. The van der Waals surface area contributed by atoms with Crippen molar-refractivity contribution in [3.63, 3.8) is 0 Å². The molecule has 3 N–H and O–H groups in total. The lowest BCUT2D eigenvalue weighted by atomic mass is 10.2. The van der Waals surface area contributed by atoms with Crippen LogP contribution in [-0.2, 0) is 16.0 Å². The average molecular weight is 282 g/mol. The second-order valence-electron chi connectivity index (χ2n) is 4.60. The largest absolute Gasteiger partial charge is 0.481 e. The Bertz CT molecular complexity index is 448. The summed E-state index contributed by atoms with van der Waals surface area (Å²) in [7, 11) is 0. The fourth-order valence-corrected chi connectivity index (χ4v) is 2.06. The Balaban J connectivity index is 1.72. The van der Waals surface area contributed by atoms with E-state index in [1.165, 1.54) is 0 Å². The molecule has 8 nitrogen and oxygen atoms in total. The first kappa shape index (κ1) is 14.3. The standard InChI is InChI=1S/C12H18N4O4/c17-11(18)5-10-7-16(3-4-20-10)12(19)14-2-1-9-6-13-8-15-9/h6,8,10H,1-5,7H2,(H,13,15)(H,14,19)(H,17,18). The molecule has 1 aliphatic heterocycles. The number of carbonyl (C=O) groups excluding carboxylic acids is 1. The number of nitrogens with zero attached hydrogens (tertiary/aromatic N) is 2. The topological polar surface area (TPSA) is 108 Å². The molecule has 110 valence electrons. The number of H-pyrrole nitrogens is 1. The van der Waals surface area contributed by atoms with Gasteiger partial charge in [-0.1, -0.05) is 0 Å². The van der Waals surface area contributed by atoms with Crippen molar-refractivity contribution in [3.05, 3.63) is 18.2 Å². The van der Waals surface area contributed by atoms with Crippen LogP contribution in [0.4, 0.5) is 4.79 Å². The van der Waals surface area contributed by atoms with Crippen molar-refractivity contribution in [2.24, 2.45) is 0 Å². The van der Waals surface area contributed by atoms with Gasteiger partial charge in [-0.2, -0.15) is 0 Å². The molecule has 0 saturated carbocycles. The molecule has 0 aliphatic carbocycles. The molecule has 0 bridgehead atoms. The number of aromatic nitrogens is 2. The summed E-state index contributed by atoms with van der Waals surface area (Å²) in [6, 6.07) is -0.191. The maximum atomic E-state index is 11.9. The number of hydrogen-bond acceptors (Lipinski definition) is 4. The molecule has 1 atom stereocenters. The zero-order valence-corrected chi connectivity index (χ0v) is 11.0. The lowest BCUT2D eigenvalue weighted by molar-refractivity contribution is -0.141. The van der Waals surface area contributed by atoms with Crippen LogP contribution in [0.1, 0.15) is 12.1 Å². The molecule has 2 amide bonds. The van der Waals surface area contributed by atoms with E-state index in [0.29, 0.717) is 32.7 Å². The zero-order chi connectivity index (χ0) is 14.4. The summed E-state index contributed by atoms with van der Waals surface area (Å²) < 4.78 is 5.32. The van der Waals surface area contributed by atoms with Crippen molar-refractivity contribution in [1.29, 1.82) is 0 Å². The Morgan fingerprint density at radius 1 is 1.60 bits per heavy atom. The van der Waals surface area contributed by atoms with Crippen LogP contribution in [0.25, 0.3) is 0 Å². The van der Waals surface area contributed by atoms with Crippen molar-refractivity contribution in [3.8, 4) is 0 Å². The van der Waals surface area contributed by atoms with Gasteiger partial charge in [0.15, 0.2) is 0 Å². The average Bonchev–Trinajstić information content (AvgIpc) is 2.91. The van der Waals surface area contributed by atoms with Gasteiger partial charge >= 0.3 is 12.0 Å². The van der Waals surface area contributed by atoms with Crippen LogP contribution in [0.2, 0.25) is 0 Å². The van der Waals surface area contributed by atoms with Crippen LogP contribution in [0, 0.1) is 0 Å². The molecule has 2 heterocycles. The Kier molecular flexibility index (Phi) is 4.94. The normalized spacial score (nSPS) is 18.8. The molecule has 1 aliphatic rings. The van der Waals surface area contributed by atoms with E-state index in [9.17, 15) is 9.59 Å². The van der Waals surface area contributed by atoms with Gasteiger partial charge in [0, 0.05) is 37.9 Å². The van der Waals surface area contributed by atoms with Gasteiger partial charge in [-0.15, -0.1) is 0 Å². The van der Waals surface area contributed by atoms with Gasteiger partial charge in [0.05, 0.1) is 25.5 Å². The zero-order valence-electron chi connectivity index (χ0n) is 11.0. The summed E-state index contributed by atoms with van der Waals surface area (Å²) >= 11 is 0. The van der Waals surface area contributed by atoms with E-state index >= 15 is 0 Å². The highest BCUT2D eigenvalue weighted by Crippen LogP contribution is 2.08. The highest BCUT2D eigenvalue weighted by Gasteiger charge is 2.25. The molecular weight excluding hydrogens is 264 g/mol. The minimum absolute atomic E-state index is 0.0854. The molecule has 0 aromatic carbocycles. The fourth-order valence-electron chi connectivity index (χ4n) is 2.06. The number of carboxylic acids is 1. The van der Waals surface area contributed by atoms with Gasteiger partial charge < -0.3 is 25.0 Å². The molecule has 2 rings (SSSR count). The summed E-state index contributed by atoms with van der Waals surface area (Å²) in [5.41, 5.74) is 0.955. The molecule has 1 saturated heterocycles. The molecular formula is C12H18N4O4. The van der Waals surface area contributed by atoms with E-state index in [1.807, 2.05) is 0 Å². The fraction of sp³-hybridized carbons (Fsp3) is 0.583. The number of rotatable bonds is 5. The Morgan fingerprint density at radius 3 is 3.15 bits per heavy atom. The third-order valence-corrected chi connectivity index (χ3v) is 3.05. The number of ether oxygens (including phenoxy) is 1. The second-order valence-corrected chi connectivity index (χ2v) is 4.60. The molecule has 1 unspecified atom stereocenters. The number of amides is 2. The van der Waals surface area contributed by atoms with Gasteiger partial charge in [-0.05, 0) is 0 Å². The number of imidazole rings is 1. The highest BCUT2D eigenvalue weighted by molar-refractivity contribution is 5.74. The molecule has 8 heteroatoms. The van der Waals surface area contributed by atoms with Crippen LogP contribution < -0.4 is 5.32 Å². The van der Waals surface area contributed by atoms with Crippen LogP contribution in [-0.4, -0.2) is 64.3 Å². The van der Waals surface area contributed by atoms with E-state index in [2.05, 4.69) is 15.3 Å². The first-order chi connectivity index (χ1) is 9.65. The van der Waals surface area contributed by atoms with Crippen molar-refractivity contribution in [2.45, 2.75) is 18.9 Å². The summed E-state index contributed by atoms with van der Waals surface area (Å²) in [5, 5.41) is 11.5. The minimum Gasteiger partial charge on any atom is -0.481 e. The molecule has 20 heavy (non-hydrogen) atoms. The number of carbonyl (C=O) groups is 2. The first-order valence-electron chi connectivity index (χ1n) is 6.48. The molecule has 1 aromatic rings. The number of nitrogens with one attached hydrogen (secondary N) is 2. The van der Waals surface area contributed by atoms with E-state index in [-0.39, 0.29) is 12.5 Å². The monoisotopic (exact) mass is 282 g/mol. The molecule has 1 fully saturated rings. The van der Waals surface area contributed by atoms with Crippen LogP contribution in [0.5, 0.6) is 0 Å². The van der Waals surface area contributed by atoms with Crippen LogP contribution in [0.15, 0.2) is 12.5 Å². The molecule has 0 spiro atoms. The number of carboxylic acid groups (broad SMARTS) is 1. The van der Waals surface area contributed by atoms with Gasteiger partial charge in [0.25, 0.3) is 0 Å². The van der Waals surface area contributed by atoms with E-state index in [1.54, 1.807) is 17.4 Å². The predicted octanol–water partition coefficient (Wildman–Crippen LogP) is -0.163. The minimum atomic E-state index is -0.920. The summed E-state index contributed by atoms with van der Waals surface area (Å²) in [6.45, 7) is 1.65. The summed E-state index contributed by atoms with van der Waals surface area (Å²) in [6.07, 6.45) is 3.46. The Hall–Kier alpha value is -2.09. The predicted molar refractivity (Wildman–Crippen MR) is 69.3 cm³/mol. The van der Waals surface area contributed by atoms with E-state index in [0.717, 1.165) is 5.69 Å². The van der Waals surface area contributed by atoms with Gasteiger partial charge in [0.1, 0.15) is 0 Å². The third kappa shape index (κ3) is 4.23. The lowest BCUT2D eigenvalue weighted by Gasteiger charge is -2.32. The van der Waals surface area contributed by atoms with Crippen LogP contribution >= 0.6 is 0 Å². The van der Waals surface area contributed by atoms with E-state index < -0.39 is 12.1 Å². The van der Waals surface area contributed by atoms with Crippen molar-refractivity contribution >= 4 is 12.0 Å². The first-order valence-corrected chi connectivity index (χ1v) is 6.48. The third-order valence-electron chi connectivity index (χ3n) is 3.05. The smallest absolute Gasteiger partial charge is 0.317 e. The summed E-state index contributed by atoms with van der Waals surface area (Å²) in [4.78, 5) is 31.0. The lowest BCUT2D eigenvalue weighted by Crippen LogP contribution is -2.50. The van der Waals surface area contributed by atoms with E-state index in [4.69, 9.17) is 9.84 Å². The van der Waals surface area contributed by atoms with Gasteiger partial charge in [0.2, 0.25) is 0 Å². The van der Waals surface area contributed by atoms with Crippen molar-refractivity contribution in [1.82, 2.24) is 20.2 Å². The van der Waals surface area contributed by atoms with Gasteiger partial charge in [-0.25, -0.2) is 9.78 Å². The number of hydrogen-bond donors (Lipinski definition) is 3. The number of urea groups is 1. The summed E-state index contributed by atoms with van der Waals surface area (Å²) in [5.74, 6) is -0.920. The maximum Gasteiger partial charge on any atom is 0.317 e. The second kappa shape index (κ2) is 6.90. The Morgan fingerprint density at radius 2 is 2.45 bits per heavy atom. The molecule has 0 radical (unpaired) electrons. The number of aromatic amines is 1. The van der Waals surface area contributed by atoms with Crippen LogP contribution in [0.3, 0.4) is 0 Å². The molecule has 1 aromatic heterocycles. The highest BCUT2D eigenvalue weighted by atomic mass is 16.5.